The van der Waals surface area contributed by atoms with E-state index in [0.717, 1.165) is 22.6 Å². The molecule has 6 heteroatoms. The van der Waals surface area contributed by atoms with Gasteiger partial charge in [0.25, 0.3) is 0 Å². The van der Waals surface area contributed by atoms with E-state index in [4.69, 9.17) is 9.84 Å². The molecule has 0 bridgehead atoms. The van der Waals surface area contributed by atoms with E-state index >= 15 is 0 Å². The number of carbonyl (C=O) groups excluding carboxylic acids is 1. The second-order valence-corrected chi connectivity index (χ2v) is 7.94. The molecule has 5 nitrogen and oxygen atoms in total. The van der Waals surface area contributed by atoms with Gasteiger partial charge in [0.05, 0.1) is 17.5 Å². The first kappa shape index (κ1) is 21.0. The predicted octanol–water partition coefficient (Wildman–Crippen LogP) is 4.60. The van der Waals surface area contributed by atoms with Crippen LogP contribution in [-0.2, 0) is 16.1 Å². The number of nitrogens with zero attached hydrogens (tertiary/aromatic N) is 2. The number of carbonyl (C=O) groups is 1. The summed E-state index contributed by atoms with van der Waals surface area (Å²) in [6.45, 7) is 5.95. The zero-order valence-electron chi connectivity index (χ0n) is 16.9. The Morgan fingerprint density at radius 2 is 2.07 bits per heavy atom. The monoisotopic (exact) mass is 409 g/mol. The first-order valence-electron chi connectivity index (χ1n) is 9.84. The molecule has 2 heterocycles. The molecule has 0 atom stereocenters. The van der Waals surface area contributed by atoms with Crippen LogP contribution in [0.3, 0.4) is 0 Å². The van der Waals surface area contributed by atoms with Crippen LogP contribution in [0.15, 0.2) is 60.1 Å². The molecule has 0 fully saturated rings. The minimum atomic E-state index is -0.109. The Balaban J connectivity index is 1.65. The van der Waals surface area contributed by atoms with Gasteiger partial charge in [0, 0.05) is 31.0 Å². The number of hydrogen-bond acceptors (Lipinski definition) is 4. The van der Waals surface area contributed by atoms with Crippen molar-refractivity contribution in [2.24, 2.45) is 0 Å². The van der Waals surface area contributed by atoms with E-state index in [1.807, 2.05) is 66.5 Å². The highest BCUT2D eigenvalue weighted by atomic mass is 32.1. The molecule has 1 N–H and O–H groups in total. The summed E-state index contributed by atoms with van der Waals surface area (Å²) in [5.41, 5.74) is 3.01. The SMILES string of the molecule is CC(C)OCCCNC(=O)C=Cc1cn(Cc2ccccc2)nc1-c1cccs1. The second kappa shape index (κ2) is 10.7. The lowest BCUT2D eigenvalue weighted by Crippen LogP contribution is -2.23. The van der Waals surface area contributed by atoms with Crippen LogP contribution in [0, 0.1) is 0 Å². The van der Waals surface area contributed by atoms with Gasteiger partial charge in [-0.05, 0) is 43.4 Å². The third-order valence-corrected chi connectivity index (χ3v) is 5.09. The molecule has 0 aliphatic carbocycles. The van der Waals surface area contributed by atoms with Crippen LogP contribution in [0.5, 0.6) is 0 Å². The molecule has 0 spiro atoms. The summed E-state index contributed by atoms with van der Waals surface area (Å²) in [5, 5.41) is 9.69. The maximum Gasteiger partial charge on any atom is 0.244 e. The van der Waals surface area contributed by atoms with Crippen molar-refractivity contribution in [3.05, 3.63) is 71.2 Å². The molecule has 0 unspecified atom stereocenters. The van der Waals surface area contributed by atoms with E-state index in [-0.39, 0.29) is 12.0 Å². The third kappa shape index (κ3) is 6.69. The first-order chi connectivity index (χ1) is 14.1. The Bertz CT molecular complexity index is 915. The molecule has 0 aliphatic rings. The molecule has 0 saturated heterocycles. The molecule has 3 rings (SSSR count). The molecule has 29 heavy (non-hydrogen) atoms. The number of nitrogens with one attached hydrogen (secondary N) is 1. The minimum Gasteiger partial charge on any atom is -0.379 e. The Morgan fingerprint density at radius 1 is 1.24 bits per heavy atom. The zero-order chi connectivity index (χ0) is 20.5. The quantitative estimate of drug-likeness (QED) is 0.393. The van der Waals surface area contributed by atoms with Crippen molar-refractivity contribution in [3.63, 3.8) is 0 Å². The highest BCUT2D eigenvalue weighted by molar-refractivity contribution is 7.13. The second-order valence-electron chi connectivity index (χ2n) is 6.99. The standard InChI is InChI=1S/C23H27N3O2S/c1-18(2)28-14-7-13-24-22(27)12-11-20-17-26(16-19-8-4-3-5-9-19)25-23(20)21-10-6-15-29-21/h3-6,8-12,15,17-18H,7,13-14,16H2,1-2H3,(H,24,27). The fourth-order valence-electron chi connectivity index (χ4n) is 2.84. The van der Waals surface area contributed by atoms with E-state index in [2.05, 4.69) is 17.4 Å². The van der Waals surface area contributed by atoms with Crippen molar-refractivity contribution in [2.45, 2.75) is 32.9 Å². The Morgan fingerprint density at radius 3 is 2.79 bits per heavy atom. The fraction of sp³-hybridized carbons (Fsp3) is 0.304. The van der Waals surface area contributed by atoms with Crippen molar-refractivity contribution >= 4 is 23.3 Å². The summed E-state index contributed by atoms with van der Waals surface area (Å²) in [4.78, 5) is 13.2. The van der Waals surface area contributed by atoms with Gasteiger partial charge in [0.1, 0.15) is 5.69 Å². The highest BCUT2D eigenvalue weighted by Gasteiger charge is 2.11. The summed E-state index contributed by atoms with van der Waals surface area (Å²) < 4.78 is 7.40. The molecule has 0 aliphatic heterocycles. The topological polar surface area (TPSA) is 56.1 Å². The number of aromatic nitrogens is 2. The third-order valence-electron chi connectivity index (χ3n) is 4.22. The van der Waals surface area contributed by atoms with E-state index in [1.54, 1.807) is 17.4 Å². The van der Waals surface area contributed by atoms with Crippen LogP contribution in [0.4, 0.5) is 0 Å². The smallest absolute Gasteiger partial charge is 0.244 e. The average Bonchev–Trinajstić information content (AvgIpc) is 3.36. The van der Waals surface area contributed by atoms with E-state index in [9.17, 15) is 4.79 Å². The van der Waals surface area contributed by atoms with Gasteiger partial charge < -0.3 is 10.1 Å². The number of benzene rings is 1. The van der Waals surface area contributed by atoms with Gasteiger partial charge in [0.2, 0.25) is 5.91 Å². The molecule has 152 valence electrons. The first-order valence-corrected chi connectivity index (χ1v) is 10.7. The number of ether oxygens (including phenoxy) is 1. The number of thiophene rings is 1. The predicted molar refractivity (Wildman–Crippen MR) is 119 cm³/mol. The molecule has 3 aromatic rings. The molecule has 0 saturated carbocycles. The van der Waals surface area contributed by atoms with Crippen LogP contribution in [0.2, 0.25) is 0 Å². The lowest BCUT2D eigenvalue weighted by atomic mass is 10.2. The number of hydrogen-bond donors (Lipinski definition) is 1. The van der Waals surface area contributed by atoms with Gasteiger partial charge >= 0.3 is 0 Å². The Hall–Kier alpha value is -2.70. The van der Waals surface area contributed by atoms with Crippen LogP contribution in [0.1, 0.15) is 31.4 Å². The lowest BCUT2D eigenvalue weighted by molar-refractivity contribution is -0.116. The van der Waals surface area contributed by atoms with Gasteiger partial charge in [0.15, 0.2) is 0 Å². The minimum absolute atomic E-state index is 0.109. The fourth-order valence-corrected chi connectivity index (χ4v) is 3.57. The molecule has 0 radical (unpaired) electrons. The summed E-state index contributed by atoms with van der Waals surface area (Å²) in [6, 6.07) is 14.3. The van der Waals surface area contributed by atoms with Crippen molar-refractivity contribution in [3.8, 4) is 10.6 Å². The van der Waals surface area contributed by atoms with Crippen molar-refractivity contribution < 1.29 is 9.53 Å². The normalized spacial score (nSPS) is 11.4. The molecular formula is C23H27N3O2S. The van der Waals surface area contributed by atoms with Crippen LogP contribution < -0.4 is 5.32 Å². The van der Waals surface area contributed by atoms with Gasteiger partial charge in [-0.1, -0.05) is 36.4 Å². The summed E-state index contributed by atoms with van der Waals surface area (Å²) in [5.74, 6) is -0.109. The van der Waals surface area contributed by atoms with Crippen molar-refractivity contribution in [2.75, 3.05) is 13.2 Å². The lowest BCUT2D eigenvalue weighted by Gasteiger charge is -2.07. The van der Waals surface area contributed by atoms with E-state index in [1.165, 1.54) is 5.56 Å². The van der Waals surface area contributed by atoms with Gasteiger partial charge in [-0.25, -0.2) is 0 Å². The maximum atomic E-state index is 12.1. The van der Waals surface area contributed by atoms with Crippen LogP contribution in [-0.4, -0.2) is 34.9 Å². The van der Waals surface area contributed by atoms with E-state index in [0.29, 0.717) is 19.7 Å². The van der Waals surface area contributed by atoms with Crippen molar-refractivity contribution in [1.29, 1.82) is 0 Å². The average molecular weight is 410 g/mol. The number of amides is 1. The highest BCUT2D eigenvalue weighted by Crippen LogP contribution is 2.27. The molecule has 1 amide bonds. The number of rotatable bonds is 10. The van der Waals surface area contributed by atoms with Gasteiger partial charge in [-0.2, -0.15) is 5.10 Å². The summed E-state index contributed by atoms with van der Waals surface area (Å²) in [6.07, 6.45) is 6.41. The largest absolute Gasteiger partial charge is 0.379 e. The van der Waals surface area contributed by atoms with E-state index < -0.39 is 0 Å². The van der Waals surface area contributed by atoms with Crippen LogP contribution >= 0.6 is 11.3 Å². The van der Waals surface area contributed by atoms with Crippen LogP contribution in [0.25, 0.3) is 16.6 Å². The summed E-state index contributed by atoms with van der Waals surface area (Å²) in [7, 11) is 0. The molecular weight excluding hydrogens is 382 g/mol. The Kier molecular flexibility index (Phi) is 7.78. The van der Waals surface area contributed by atoms with Crippen molar-refractivity contribution in [1.82, 2.24) is 15.1 Å². The molecule has 1 aromatic carbocycles. The summed E-state index contributed by atoms with van der Waals surface area (Å²) >= 11 is 1.64. The van der Waals surface area contributed by atoms with Gasteiger partial charge in [-0.15, -0.1) is 11.3 Å². The zero-order valence-corrected chi connectivity index (χ0v) is 17.7. The Labute approximate surface area is 176 Å². The molecule has 2 aromatic heterocycles. The van der Waals surface area contributed by atoms with Gasteiger partial charge in [-0.3, -0.25) is 9.48 Å². The maximum absolute atomic E-state index is 12.1.